The molecule has 0 atom stereocenters. The van der Waals surface area contributed by atoms with Gasteiger partial charge in [0, 0.05) is 6.07 Å². The Bertz CT molecular complexity index is 1300. The predicted molar refractivity (Wildman–Crippen MR) is 110 cm³/mol. The highest BCUT2D eigenvalue weighted by Gasteiger charge is 2.13. The number of esters is 1. The molecular formula is C24H17FO5. The average molecular weight is 404 g/mol. The number of rotatable bonds is 4. The standard InChI is InChI=1S/C24H17FO5/c1-14-8-15(2)10-19(9-14)29-22-13-28-21-12-18(6-7-20(21)23(22)26)30-24(27)16-4-3-5-17(25)11-16/h3-13H,1-2H3. The zero-order valence-corrected chi connectivity index (χ0v) is 16.3. The maximum atomic E-state index is 13.3. The van der Waals surface area contributed by atoms with Crippen LogP contribution in [0.15, 0.2) is 76.1 Å². The first-order valence-electron chi connectivity index (χ1n) is 9.18. The van der Waals surface area contributed by atoms with Crippen molar-refractivity contribution in [2.24, 2.45) is 0 Å². The Hall–Kier alpha value is -3.93. The van der Waals surface area contributed by atoms with Gasteiger partial charge in [-0.2, -0.15) is 0 Å². The van der Waals surface area contributed by atoms with Crippen molar-refractivity contribution in [1.82, 2.24) is 0 Å². The molecule has 0 saturated heterocycles. The first-order chi connectivity index (χ1) is 14.4. The molecule has 4 aromatic rings. The van der Waals surface area contributed by atoms with Gasteiger partial charge in [-0.1, -0.05) is 12.1 Å². The quantitative estimate of drug-likeness (QED) is 0.329. The molecule has 0 fully saturated rings. The van der Waals surface area contributed by atoms with E-state index in [2.05, 4.69) is 0 Å². The molecule has 150 valence electrons. The van der Waals surface area contributed by atoms with Crippen molar-refractivity contribution in [2.75, 3.05) is 0 Å². The molecule has 4 rings (SSSR count). The van der Waals surface area contributed by atoms with Crippen LogP contribution in [0.5, 0.6) is 17.2 Å². The van der Waals surface area contributed by atoms with Crippen LogP contribution in [0.25, 0.3) is 11.0 Å². The molecule has 0 radical (unpaired) electrons. The lowest BCUT2D eigenvalue weighted by Crippen LogP contribution is -2.09. The lowest BCUT2D eigenvalue weighted by atomic mass is 10.1. The Labute approximate surface area is 171 Å². The number of hydrogen-bond acceptors (Lipinski definition) is 5. The van der Waals surface area contributed by atoms with Crippen LogP contribution < -0.4 is 14.9 Å². The lowest BCUT2D eigenvalue weighted by molar-refractivity contribution is 0.0734. The second-order valence-corrected chi connectivity index (χ2v) is 6.91. The van der Waals surface area contributed by atoms with Gasteiger partial charge in [-0.05, 0) is 67.4 Å². The number of halogens is 1. The highest BCUT2D eigenvalue weighted by molar-refractivity contribution is 5.91. The Morgan fingerprint density at radius 2 is 1.70 bits per heavy atom. The molecule has 1 heterocycles. The van der Waals surface area contributed by atoms with E-state index >= 15 is 0 Å². The van der Waals surface area contributed by atoms with E-state index in [-0.39, 0.29) is 33.5 Å². The van der Waals surface area contributed by atoms with Gasteiger partial charge in [0.05, 0.1) is 10.9 Å². The Morgan fingerprint density at radius 1 is 0.933 bits per heavy atom. The monoisotopic (exact) mass is 404 g/mol. The Morgan fingerprint density at radius 3 is 2.43 bits per heavy atom. The molecule has 0 bridgehead atoms. The van der Waals surface area contributed by atoms with Crippen molar-refractivity contribution in [2.45, 2.75) is 13.8 Å². The van der Waals surface area contributed by atoms with Gasteiger partial charge in [0.1, 0.15) is 29.2 Å². The molecule has 5 nitrogen and oxygen atoms in total. The van der Waals surface area contributed by atoms with Crippen molar-refractivity contribution in [1.29, 1.82) is 0 Å². The number of hydrogen-bond donors (Lipinski definition) is 0. The third-order valence-electron chi connectivity index (χ3n) is 4.41. The zero-order chi connectivity index (χ0) is 21.3. The summed E-state index contributed by atoms with van der Waals surface area (Å²) in [6, 6.07) is 15.2. The van der Waals surface area contributed by atoms with Crippen molar-refractivity contribution < 1.29 is 23.1 Å². The van der Waals surface area contributed by atoms with Gasteiger partial charge in [0.2, 0.25) is 11.2 Å². The first kappa shape index (κ1) is 19.4. The fourth-order valence-corrected chi connectivity index (χ4v) is 3.13. The van der Waals surface area contributed by atoms with Crippen LogP contribution in [0.1, 0.15) is 21.5 Å². The van der Waals surface area contributed by atoms with Crippen molar-refractivity contribution in [3.05, 3.63) is 99.7 Å². The molecule has 0 aliphatic heterocycles. The van der Waals surface area contributed by atoms with Crippen molar-refractivity contribution in [3.63, 3.8) is 0 Å². The van der Waals surface area contributed by atoms with E-state index in [0.29, 0.717) is 5.75 Å². The number of fused-ring (bicyclic) bond motifs is 1. The largest absolute Gasteiger partial charge is 0.460 e. The van der Waals surface area contributed by atoms with Crippen molar-refractivity contribution >= 4 is 16.9 Å². The van der Waals surface area contributed by atoms with Crippen LogP contribution in [0.2, 0.25) is 0 Å². The first-order valence-corrected chi connectivity index (χ1v) is 9.18. The van der Waals surface area contributed by atoms with Crippen LogP contribution in [-0.4, -0.2) is 5.97 Å². The molecule has 0 N–H and O–H groups in total. The molecule has 0 spiro atoms. The lowest BCUT2D eigenvalue weighted by Gasteiger charge is -2.08. The van der Waals surface area contributed by atoms with Crippen LogP contribution in [-0.2, 0) is 0 Å². The Kier molecular flexibility index (Phi) is 5.06. The van der Waals surface area contributed by atoms with Gasteiger partial charge in [-0.15, -0.1) is 0 Å². The van der Waals surface area contributed by atoms with Gasteiger partial charge in [0.15, 0.2) is 0 Å². The summed E-state index contributed by atoms with van der Waals surface area (Å²) in [6.07, 6.45) is 1.22. The van der Waals surface area contributed by atoms with Crippen molar-refractivity contribution in [3.8, 4) is 17.2 Å². The summed E-state index contributed by atoms with van der Waals surface area (Å²) in [4.78, 5) is 24.9. The SMILES string of the molecule is Cc1cc(C)cc(Oc2coc3cc(OC(=O)c4cccc(F)c4)ccc3c2=O)c1. The summed E-state index contributed by atoms with van der Waals surface area (Å²) in [5.74, 6) is -0.490. The summed E-state index contributed by atoms with van der Waals surface area (Å²) in [6.45, 7) is 3.88. The molecule has 0 aliphatic carbocycles. The zero-order valence-electron chi connectivity index (χ0n) is 16.3. The second-order valence-electron chi connectivity index (χ2n) is 6.91. The minimum Gasteiger partial charge on any atom is -0.460 e. The summed E-state index contributed by atoms with van der Waals surface area (Å²) < 4.78 is 29.8. The van der Waals surface area contributed by atoms with E-state index in [4.69, 9.17) is 13.9 Å². The molecule has 6 heteroatoms. The minimum absolute atomic E-state index is 0.0528. The molecule has 0 aliphatic rings. The number of benzene rings is 3. The molecule has 1 aromatic heterocycles. The third kappa shape index (κ3) is 4.07. The topological polar surface area (TPSA) is 65.7 Å². The van der Waals surface area contributed by atoms with Gasteiger partial charge in [0.25, 0.3) is 0 Å². The van der Waals surface area contributed by atoms with Crippen LogP contribution in [0.3, 0.4) is 0 Å². The molecule has 30 heavy (non-hydrogen) atoms. The fourth-order valence-electron chi connectivity index (χ4n) is 3.13. The summed E-state index contributed by atoms with van der Waals surface area (Å²) in [5, 5.41) is 0.280. The summed E-state index contributed by atoms with van der Waals surface area (Å²) in [5.41, 5.74) is 1.99. The number of carbonyl (C=O) groups excluding carboxylic acids is 1. The smallest absolute Gasteiger partial charge is 0.343 e. The third-order valence-corrected chi connectivity index (χ3v) is 4.41. The van der Waals surface area contributed by atoms with Crippen LogP contribution in [0.4, 0.5) is 4.39 Å². The van der Waals surface area contributed by atoms with Crippen LogP contribution >= 0.6 is 0 Å². The highest BCUT2D eigenvalue weighted by Crippen LogP contribution is 2.25. The maximum Gasteiger partial charge on any atom is 0.343 e. The van der Waals surface area contributed by atoms with E-state index in [1.165, 1.54) is 42.7 Å². The van der Waals surface area contributed by atoms with E-state index < -0.39 is 11.8 Å². The predicted octanol–water partition coefficient (Wildman–Crippen LogP) is 5.56. The number of carbonyl (C=O) groups is 1. The second kappa shape index (κ2) is 7.83. The molecule has 0 unspecified atom stereocenters. The molecular weight excluding hydrogens is 387 g/mol. The highest BCUT2D eigenvalue weighted by atomic mass is 19.1. The average Bonchev–Trinajstić information content (AvgIpc) is 2.69. The van der Waals surface area contributed by atoms with E-state index in [9.17, 15) is 14.0 Å². The summed E-state index contributed by atoms with van der Waals surface area (Å²) in [7, 11) is 0. The Balaban J connectivity index is 1.61. The fraction of sp³-hybridized carbons (Fsp3) is 0.0833. The van der Waals surface area contributed by atoms with Gasteiger partial charge < -0.3 is 13.9 Å². The van der Waals surface area contributed by atoms with E-state index in [0.717, 1.165) is 17.2 Å². The van der Waals surface area contributed by atoms with Crippen LogP contribution in [0, 0.1) is 19.7 Å². The summed E-state index contributed by atoms with van der Waals surface area (Å²) >= 11 is 0. The maximum absolute atomic E-state index is 13.3. The number of aryl methyl sites for hydroxylation is 2. The molecule has 0 amide bonds. The van der Waals surface area contributed by atoms with Gasteiger partial charge in [-0.3, -0.25) is 4.79 Å². The van der Waals surface area contributed by atoms with Gasteiger partial charge in [-0.25, -0.2) is 9.18 Å². The minimum atomic E-state index is -0.717. The normalized spacial score (nSPS) is 10.8. The number of ether oxygens (including phenoxy) is 2. The molecule has 0 saturated carbocycles. The van der Waals surface area contributed by atoms with E-state index in [1.807, 2.05) is 32.0 Å². The molecule has 3 aromatic carbocycles. The van der Waals surface area contributed by atoms with Gasteiger partial charge >= 0.3 is 5.97 Å². The van der Waals surface area contributed by atoms with E-state index in [1.54, 1.807) is 0 Å².